The minimum atomic E-state index is -0.282. The molecule has 0 spiro atoms. The van der Waals surface area contributed by atoms with E-state index < -0.39 is 0 Å². The van der Waals surface area contributed by atoms with Crippen LogP contribution in [0, 0.1) is 26.7 Å². The predicted molar refractivity (Wildman–Crippen MR) is 133 cm³/mol. The molecule has 2 aliphatic rings. The monoisotopic (exact) mass is 457 g/mol. The number of carbonyl (C=O) groups excluding carboxylic acids is 2. The fourth-order valence-electron chi connectivity index (χ4n) is 4.84. The van der Waals surface area contributed by atoms with Gasteiger partial charge in [0.05, 0.1) is 5.92 Å². The van der Waals surface area contributed by atoms with Crippen molar-refractivity contribution in [1.82, 2.24) is 14.5 Å². The normalized spacial score (nSPS) is 18.6. The van der Waals surface area contributed by atoms with Gasteiger partial charge in [0.25, 0.3) is 0 Å². The molecule has 0 aliphatic carbocycles. The van der Waals surface area contributed by atoms with E-state index in [9.17, 15) is 9.59 Å². The largest absolute Gasteiger partial charge is 0.339 e. The van der Waals surface area contributed by atoms with Crippen molar-refractivity contribution in [2.45, 2.75) is 27.2 Å². The van der Waals surface area contributed by atoms with Gasteiger partial charge in [-0.1, -0.05) is 23.8 Å². The smallest absolute Gasteiger partial charge is 0.228 e. The number of anilines is 2. The molecule has 0 saturated carbocycles. The third kappa shape index (κ3) is 4.18. The van der Waals surface area contributed by atoms with Gasteiger partial charge in [-0.2, -0.15) is 0 Å². The molecule has 2 saturated heterocycles. The molecule has 2 amide bonds. The number of hydrogen-bond donors (Lipinski definition) is 0. The van der Waals surface area contributed by atoms with E-state index in [1.54, 1.807) is 4.90 Å². The number of aryl methyl sites for hydroxylation is 3. The highest BCUT2D eigenvalue weighted by Crippen LogP contribution is 2.28. The van der Waals surface area contributed by atoms with Gasteiger partial charge in [0.1, 0.15) is 0 Å². The first-order valence-electron chi connectivity index (χ1n) is 11.9. The maximum absolute atomic E-state index is 13.3. The summed E-state index contributed by atoms with van der Waals surface area (Å²) in [7, 11) is 0. The number of aromatic nitrogens is 2. The summed E-state index contributed by atoms with van der Waals surface area (Å²) < 4.78 is 2.09. The molecular weight excluding hydrogens is 426 g/mol. The van der Waals surface area contributed by atoms with Gasteiger partial charge in [-0.05, 0) is 56.2 Å². The Labute approximate surface area is 200 Å². The molecule has 2 aromatic carbocycles. The Hall–Kier alpha value is -3.61. The van der Waals surface area contributed by atoms with Crippen molar-refractivity contribution in [2.24, 2.45) is 5.92 Å². The lowest BCUT2D eigenvalue weighted by atomic mass is 10.1. The molecule has 3 heterocycles. The summed E-state index contributed by atoms with van der Waals surface area (Å²) in [6.07, 6.45) is 4.07. The van der Waals surface area contributed by atoms with Gasteiger partial charge in [0.15, 0.2) is 0 Å². The van der Waals surface area contributed by atoms with Crippen LogP contribution in [0.15, 0.2) is 54.9 Å². The Bertz CT molecular complexity index is 1210. The van der Waals surface area contributed by atoms with Crippen LogP contribution in [0.5, 0.6) is 0 Å². The maximum atomic E-state index is 13.3. The van der Waals surface area contributed by atoms with Crippen molar-refractivity contribution in [2.75, 3.05) is 42.5 Å². The molecule has 5 rings (SSSR count). The second-order valence-electron chi connectivity index (χ2n) is 9.42. The Balaban J connectivity index is 1.22. The first kappa shape index (κ1) is 22.2. The topological polar surface area (TPSA) is 61.7 Å². The molecule has 0 N–H and O–H groups in total. The number of imidazole rings is 1. The number of piperazine rings is 1. The summed E-state index contributed by atoms with van der Waals surface area (Å²) in [5.74, 6) is 0.727. The average Bonchev–Trinajstić information content (AvgIpc) is 3.48. The molecule has 0 radical (unpaired) electrons. The van der Waals surface area contributed by atoms with Gasteiger partial charge in [-0.15, -0.1) is 0 Å². The standard InChI is InChI=1S/C27H31N5O2/c1-19-4-7-23(8-5-19)31-11-10-28-27(31)30-14-12-29(13-15-30)26(34)22-17-25(33)32(18-22)24-9-6-20(2)21(3)16-24/h4-11,16,22H,12-15,17-18H2,1-3H3. The molecule has 1 atom stereocenters. The number of benzene rings is 2. The van der Waals surface area contributed by atoms with Crippen molar-refractivity contribution in [1.29, 1.82) is 0 Å². The first-order valence-corrected chi connectivity index (χ1v) is 11.9. The number of rotatable bonds is 4. The summed E-state index contributed by atoms with van der Waals surface area (Å²) in [5, 5.41) is 0. The van der Waals surface area contributed by atoms with Gasteiger partial charge in [-0.25, -0.2) is 4.98 Å². The van der Waals surface area contributed by atoms with E-state index in [2.05, 4.69) is 52.6 Å². The van der Waals surface area contributed by atoms with Crippen molar-refractivity contribution in [3.8, 4) is 5.69 Å². The third-order valence-electron chi connectivity index (χ3n) is 7.08. The van der Waals surface area contributed by atoms with Crippen LogP contribution >= 0.6 is 0 Å². The van der Waals surface area contributed by atoms with E-state index in [1.807, 2.05) is 42.4 Å². The number of nitrogens with zero attached hydrogens (tertiary/aromatic N) is 5. The van der Waals surface area contributed by atoms with Crippen molar-refractivity contribution in [3.63, 3.8) is 0 Å². The zero-order valence-corrected chi connectivity index (χ0v) is 20.1. The summed E-state index contributed by atoms with van der Waals surface area (Å²) >= 11 is 0. The lowest BCUT2D eigenvalue weighted by molar-refractivity contribution is -0.136. The molecule has 1 unspecified atom stereocenters. The minimum absolute atomic E-state index is 0.0281. The van der Waals surface area contributed by atoms with E-state index >= 15 is 0 Å². The first-order chi connectivity index (χ1) is 16.4. The predicted octanol–water partition coefficient (Wildman–Crippen LogP) is 3.50. The van der Waals surface area contributed by atoms with E-state index in [-0.39, 0.29) is 24.2 Å². The number of carbonyl (C=O) groups is 2. The Morgan fingerprint density at radius 2 is 1.62 bits per heavy atom. The molecule has 34 heavy (non-hydrogen) atoms. The second kappa shape index (κ2) is 8.97. The molecule has 7 nitrogen and oxygen atoms in total. The van der Waals surface area contributed by atoms with Crippen molar-refractivity contribution >= 4 is 23.5 Å². The zero-order valence-electron chi connectivity index (χ0n) is 20.1. The van der Waals surface area contributed by atoms with Gasteiger partial charge >= 0.3 is 0 Å². The van der Waals surface area contributed by atoms with E-state index in [0.717, 1.165) is 36.0 Å². The zero-order chi connectivity index (χ0) is 23.8. The highest BCUT2D eigenvalue weighted by Gasteiger charge is 2.38. The minimum Gasteiger partial charge on any atom is -0.339 e. The van der Waals surface area contributed by atoms with Crippen LogP contribution in [0.25, 0.3) is 5.69 Å². The Morgan fingerprint density at radius 3 is 2.32 bits per heavy atom. The van der Waals surface area contributed by atoms with Gasteiger partial charge in [0.2, 0.25) is 17.8 Å². The lowest BCUT2D eigenvalue weighted by Gasteiger charge is -2.36. The highest BCUT2D eigenvalue weighted by molar-refractivity contribution is 6.00. The number of amides is 2. The van der Waals surface area contributed by atoms with E-state index in [4.69, 9.17) is 0 Å². The molecule has 2 aliphatic heterocycles. The summed E-state index contributed by atoms with van der Waals surface area (Å²) in [5.41, 5.74) is 5.53. The molecule has 1 aromatic heterocycles. The highest BCUT2D eigenvalue weighted by atomic mass is 16.2. The molecular formula is C27H31N5O2. The van der Waals surface area contributed by atoms with Crippen LogP contribution in [-0.2, 0) is 9.59 Å². The van der Waals surface area contributed by atoms with Crippen molar-refractivity contribution < 1.29 is 9.59 Å². The van der Waals surface area contributed by atoms with Gasteiger partial charge in [-0.3, -0.25) is 14.2 Å². The van der Waals surface area contributed by atoms with Crippen LogP contribution in [0.1, 0.15) is 23.1 Å². The number of hydrogen-bond acceptors (Lipinski definition) is 4. The van der Waals surface area contributed by atoms with Crippen LogP contribution in [0.2, 0.25) is 0 Å². The molecule has 3 aromatic rings. The van der Waals surface area contributed by atoms with Gasteiger partial charge < -0.3 is 14.7 Å². The third-order valence-corrected chi connectivity index (χ3v) is 7.08. The average molecular weight is 458 g/mol. The van der Waals surface area contributed by atoms with Gasteiger partial charge in [0, 0.05) is 62.9 Å². The van der Waals surface area contributed by atoms with Crippen molar-refractivity contribution in [3.05, 3.63) is 71.5 Å². The van der Waals surface area contributed by atoms with E-state index in [0.29, 0.717) is 19.6 Å². The maximum Gasteiger partial charge on any atom is 0.228 e. The Morgan fingerprint density at radius 1 is 0.912 bits per heavy atom. The van der Waals surface area contributed by atoms with E-state index in [1.165, 1.54) is 11.1 Å². The van der Waals surface area contributed by atoms with Crippen LogP contribution < -0.4 is 9.80 Å². The fourth-order valence-corrected chi connectivity index (χ4v) is 4.84. The second-order valence-corrected chi connectivity index (χ2v) is 9.42. The molecule has 7 heteroatoms. The van der Waals surface area contributed by atoms with Crippen LogP contribution in [0.3, 0.4) is 0 Å². The summed E-state index contributed by atoms with van der Waals surface area (Å²) in [6, 6.07) is 14.4. The SMILES string of the molecule is Cc1ccc(-n2ccnc2N2CCN(C(=O)C3CC(=O)N(c4ccc(C)c(C)c4)C3)CC2)cc1. The van der Waals surface area contributed by atoms with Crippen LogP contribution in [-0.4, -0.2) is 59.0 Å². The summed E-state index contributed by atoms with van der Waals surface area (Å²) in [6.45, 7) is 9.34. The molecule has 0 bridgehead atoms. The molecule has 2 fully saturated rings. The quantitative estimate of drug-likeness (QED) is 0.602. The summed E-state index contributed by atoms with van der Waals surface area (Å²) in [4.78, 5) is 36.5. The molecule has 176 valence electrons. The fraction of sp³-hybridized carbons (Fsp3) is 0.370. The lowest BCUT2D eigenvalue weighted by Crippen LogP contribution is -2.51. The van der Waals surface area contributed by atoms with Crippen LogP contribution in [0.4, 0.5) is 11.6 Å². The Kier molecular flexibility index (Phi) is 5.86.